The lowest BCUT2D eigenvalue weighted by Gasteiger charge is -2.25. The minimum absolute atomic E-state index is 1.13. The highest BCUT2D eigenvalue weighted by atomic mass is 15.1. The third kappa shape index (κ3) is 13.7. The molecule has 0 spiro atoms. The first kappa shape index (κ1) is 42.2. The Balaban J connectivity index is 0.000000218. The lowest BCUT2D eigenvalue weighted by atomic mass is 10.0. The summed E-state index contributed by atoms with van der Waals surface area (Å²) in [4.78, 5) is 2.30. The van der Waals surface area contributed by atoms with Gasteiger partial charge in [-0.2, -0.15) is 0 Å². The van der Waals surface area contributed by atoms with Crippen LogP contribution in [-0.4, -0.2) is 0 Å². The topological polar surface area (TPSA) is 3.24 Å². The Morgan fingerprint density at radius 3 is 0.897 bits per heavy atom. The van der Waals surface area contributed by atoms with Crippen LogP contribution in [0.25, 0.3) is 35.4 Å². The molecule has 0 bridgehead atoms. The van der Waals surface area contributed by atoms with Crippen LogP contribution in [-0.2, 0) is 0 Å². The van der Waals surface area contributed by atoms with E-state index in [1.54, 1.807) is 0 Å². The van der Waals surface area contributed by atoms with Crippen molar-refractivity contribution in [1.82, 2.24) is 0 Å². The molecule has 8 aromatic rings. The fourth-order valence-corrected chi connectivity index (χ4v) is 6.03. The highest BCUT2D eigenvalue weighted by Crippen LogP contribution is 2.35. The Morgan fingerprint density at radius 2 is 0.517 bits per heavy atom. The van der Waals surface area contributed by atoms with Gasteiger partial charge in [0.2, 0.25) is 0 Å². The lowest BCUT2D eigenvalue weighted by molar-refractivity contribution is 1.28. The van der Waals surface area contributed by atoms with E-state index < -0.39 is 0 Å². The summed E-state index contributed by atoms with van der Waals surface area (Å²) in [6.07, 6.45) is 8.57. The van der Waals surface area contributed by atoms with Gasteiger partial charge in [-0.3, -0.25) is 0 Å². The van der Waals surface area contributed by atoms with Gasteiger partial charge >= 0.3 is 0 Å². The first-order valence-electron chi connectivity index (χ1n) is 20.2. The van der Waals surface area contributed by atoms with Crippen molar-refractivity contribution in [2.45, 2.75) is 34.6 Å². The number of anilines is 3. The van der Waals surface area contributed by atoms with Crippen LogP contribution in [0.2, 0.25) is 0 Å². The van der Waals surface area contributed by atoms with Gasteiger partial charge in [0.05, 0.1) is 0 Å². The second-order valence-corrected chi connectivity index (χ2v) is 13.7. The number of aryl methyl sites for hydroxylation is 3. The second kappa shape index (κ2) is 23.2. The third-order valence-corrected chi connectivity index (χ3v) is 9.23. The molecule has 1 nitrogen and oxygen atoms in total. The van der Waals surface area contributed by atoms with Crippen LogP contribution >= 0.6 is 0 Å². The molecule has 8 rings (SSSR count). The molecule has 288 valence electrons. The number of para-hydroxylation sites is 1. The van der Waals surface area contributed by atoms with Gasteiger partial charge in [0.1, 0.15) is 0 Å². The Labute approximate surface area is 348 Å². The minimum Gasteiger partial charge on any atom is -0.311 e. The average molecular weight is 754 g/mol. The number of benzene rings is 8. The van der Waals surface area contributed by atoms with Crippen molar-refractivity contribution in [2.75, 3.05) is 4.90 Å². The van der Waals surface area contributed by atoms with Crippen LogP contribution in [0.3, 0.4) is 0 Å². The van der Waals surface area contributed by atoms with E-state index in [1.807, 2.05) is 44.2 Å². The number of rotatable bonds is 8. The van der Waals surface area contributed by atoms with Crippen molar-refractivity contribution in [3.63, 3.8) is 0 Å². The lowest BCUT2D eigenvalue weighted by Crippen LogP contribution is -2.09. The summed E-state index contributed by atoms with van der Waals surface area (Å²) in [5.41, 5.74) is 14.6. The highest BCUT2D eigenvalue weighted by Gasteiger charge is 2.12. The molecule has 1 heteroatoms. The van der Waals surface area contributed by atoms with Crippen molar-refractivity contribution < 1.29 is 0 Å². The van der Waals surface area contributed by atoms with Gasteiger partial charge < -0.3 is 4.90 Å². The van der Waals surface area contributed by atoms with Gasteiger partial charge in [-0.25, -0.2) is 0 Å². The summed E-state index contributed by atoms with van der Waals surface area (Å²) >= 11 is 0. The zero-order valence-corrected chi connectivity index (χ0v) is 34.5. The normalized spacial score (nSPS) is 10.4. The van der Waals surface area contributed by atoms with E-state index in [4.69, 9.17) is 0 Å². The molecule has 0 aliphatic rings. The van der Waals surface area contributed by atoms with Crippen LogP contribution in [0.4, 0.5) is 17.1 Å². The predicted molar refractivity (Wildman–Crippen MR) is 256 cm³/mol. The van der Waals surface area contributed by atoms with E-state index >= 15 is 0 Å². The fraction of sp³-hybridized carbons (Fsp3) is 0.0877. The van der Waals surface area contributed by atoms with Crippen molar-refractivity contribution in [3.8, 4) is 11.1 Å². The number of hydrogen-bond donors (Lipinski definition) is 0. The maximum atomic E-state index is 2.30. The van der Waals surface area contributed by atoms with E-state index in [-0.39, 0.29) is 0 Å². The predicted octanol–water partition coefficient (Wildman–Crippen LogP) is 16.5. The van der Waals surface area contributed by atoms with Crippen molar-refractivity contribution in [3.05, 3.63) is 257 Å². The summed E-state index contributed by atoms with van der Waals surface area (Å²) in [6.45, 7) is 10.3. The van der Waals surface area contributed by atoms with Gasteiger partial charge in [0.25, 0.3) is 0 Å². The van der Waals surface area contributed by atoms with Gasteiger partial charge in [0.15, 0.2) is 0 Å². The van der Waals surface area contributed by atoms with E-state index in [2.05, 4.69) is 238 Å². The monoisotopic (exact) mass is 753 g/mol. The molecule has 0 aliphatic heterocycles. The Hall–Kier alpha value is -6.96. The van der Waals surface area contributed by atoms with E-state index in [9.17, 15) is 0 Å². The van der Waals surface area contributed by atoms with Crippen LogP contribution in [0.5, 0.6) is 0 Å². The first-order chi connectivity index (χ1) is 28.5. The van der Waals surface area contributed by atoms with Gasteiger partial charge in [0, 0.05) is 17.1 Å². The Kier molecular flexibility index (Phi) is 16.9. The summed E-state index contributed by atoms with van der Waals surface area (Å²) in [7, 11) is 0. The van der Waals surface area contributed by atoms with Gasteiger partial charge in [-0.1, -0.05) is 237 Å². The number of nitrogens with zero attached hydrogens (tertiary/aromatic N) is 1. The second-order valence-electron chi connectivity index (χ2n) is 13.7. The summed E-state index contributed by atoms with van der Waals surface area (Å²) < 4.78 is 0. The average Bonchev–Trinajstić information content (AvgIpc) is 3.29. The minimum atomic E-state index is 1.13. The molecular formula is C57H55N. The standard InChI is InChI=1S/C33H27N.C15H14.C7H8.C2H6/c1-26-12-18-29(19-13-26)30-20-24-33(25-21-30)34(31-10-6-3-7-11-31)32-22-16-28(17-23-32)15-14-27-8-4-2-5-9-27;1-13-7-9-15(10-8-13)12-11-14-5-3-2-4-6-14;1-7-5-3-2-4-6-7;1-2/h2-25H,1H3;2-12H,1H3;2-6H,1H3;1-2H3/b15-14+;12-11+;;. The summed E-state index contributed by atoms with van der Waals surface area (Å²) in [5, 5.41) is 0. The molecule has 0 atom stereocenters. The molecule has 58 heavy (non-hydrogen) atoms. The fourth-order valence-electron chi connectivity index (χ4n) is 6.03. The number of hydrogen-bond acceptors (Lipinski definition) is 1. The zero-order chi connectivity index (χ0) is 40.8. The van der Waals surface area contributed by atoms with Gasteiger partial charge in [-0.15, -0.1) is 0 Å². The third-order valence-electron chi connectivity index (χ3n) is 9.23. The van der Waals surface area contributed by atoms with Crippen LogP contribution in [0.1, 0.15) is 52.8 Å². The SMILES string of the molecule is CC.Cc1ccc(-c2ccc(N(c3ccccc3)c3ccc(/C=C/c4ccccc4)cc3)cc2)cc1.Cc1ccc(/C=C/c2ccccc2)cc1.Cc1ccccc1. The van der Waals surface area contributed by atoms with Crippen molar-refractivity contribution >= 4 is 41.4 Å². The molecule has 0 aromatic heterocycles. The first-order valence-corrected chi connectivity index (χ1v) is 20.2. The summed E-state index contributed by atoms with van der Waals surface area (Å²) in [6, 6.07) is 76.2. The molecule has 0 fully saturated rings. The van der Waals surface area contributed by atoms with Gasteiger partial charge in [-0.05, 0) is 90.6 Å². The molecule has 0 aliphatic carbocycles. The van der Waals surface area contributed by atoms with E-state index in [1.165, 1.54) is 50.1 Å². The maximum absolute atomic E-state index is 2.30. The molecule has 8 aromatic carbocycles. The Bertz CT molecular complexity index is 2360. The highest BCUT2D eigenvalue weighted by molar-refractivity contribution is 5.79. The van der Waals surface area contributed by atoms with Crippen molar-refractivity contribution in [1.29, 1.82) is 0 Å². The molecule has 0 amide bonds. The molecule has 0 heterocycles. The molecule has 0 radical (unpaired) electrons. The van der Waals surface area contributed by atoms with Crippen LogP contribution < -0.4 is 4.90 Å². The van der Waals surface area contributed by atoms with E-state index in [0.29, 0.717) is 0 Å². The zero-order valence-electron chi connectivity index (χ0n) is 34.5. The van der Waals surface area contributed by atoms with E-state index in [0.717, 1.165) is 17.1 Å². The Morgan fingerprint density at radius 1 is 0.259 bits per heavy atom. The molecule has 0 unspecified atom stereocenters. The molecule has 0 N–H and O–H groups in total. The smallest absolute Gasteiger partial charge is 0.0462 e. The maximum Gasteiger partial charge on any atom is 0.0462 e. The molecule has 0 saturated heterocycles. The molecular weight excluding hydrogens is 699 g/mol. The summed E-state index contributed by atoms with van der Waals surface area (Å²) in [5.74, 6) is 0. The largest absolute Gasteiger partial charge is 0.311 e. The quantitative estimate of drug-likeness (QED) is 0.140. The van der Waals surface area contributed by atoms with Crippen molar-refractivity contribution in [2.24, 2.45) is 0 Å². The van der Waals surface area contributed by atoms with Crippen LogP contribution in [0.15, 0.2) is 218 Å². The van der Waals surface area contributed by atoms with Crippen LogP contribution in [0, 0.1) is 20.8 Å². The molecule has 0 saturated carbocycles.